The van der Waals surface area contributed by atoms with Crippen LogP contribution in [0.2, 0.25) is 0 Å². The molecule has 27 heavy (non-hydrogen) atoms. The molecule has 1 aliphatic heterocycles. The van der Waals surface area contributed by atoms with Crippen LogP contribution in [0.25, 0.3) is 6.08 Å². The number of amides is 2. The van der Waals surface area contributed by atoms with Gasteiger partial charge in [-0.2, -0.15) is 0 Å². The number of thioether (sulfide) groups is 1. The quantitative estimate of drug-likeness (QED) is 0.361. The number of nitro groups is 1. The van der Waals surface area contributed by atoms with Crippen molar-refractivity contribution in [3.05, 3.63) is 91.3 Å². The molecule has 0 bridgehead atoms. The molecule has 2 aromatic rings. The Kier molecular flexibility index (Phi) is 5.88. The van der Waals surface area contributed by atoms with E-state index in [4.69, 9.17) is 0 Å². The number of halogens is 1. The maximum atomic E-state index is 12.5. The molecule has 6 nitrogen and oxygen atoms in total. The zero-order chi connectivity index (χ0) is 19.4. The molecular weight excluding hydrogens is 432 g/mol. The smallest absolute Gasteiger partial charge is 0.268 e. The third-order valence-corrected chi connectivity index (χ3v) is 5.22. The molecular formula is C19H13BrN2O4S. The number of benzene rings is 2. The first kappa shape index (κ1) is 19.1. The summed E-state index contributed by atoms with van der Waals surface area (Å²) in [7, 11) is 0. The molecule has 0 aromatic heterocycles. The van der Waals surface area contributed by atoms with Gasteiger partial charge in [-0.3, -0.25) is 24.6 Å². The molecule has 1 saturated heterocycles. The third-order valence-electron chi connectivity index (χ3n) is 3.77. The van der Waals surface area contributed by atoms with Crippen LogP contribution >= 0.6 is 27.7 Å². The minimum absolute atomic E-state index is 0.0362. The van der Waals surface area contributed by atoms with E-state index in [2.05, 4.69) is 15.9 Å². The van der Waals surface area contributed by atoms with Gasteiger partial charge in [-0.05, 0) is 41.1 Å². The fourth-order valence-electron chi connectivity index (χ4n) is 2.38. The Labute approximate surface area is 167 Å². The van der Waals surface area contributed by atoms with E-state index in [-0.39, 0.29) is 23.4 Å². The Bertz CT molecular complexity index is 953. The van der Waals surface area contributed by atoms with Crippen molar-refractivity contribution in [1.29, 1.82) is 0 Å². The Morgan fingerprint density at radius 3 is 2.37 bits per heavy atom. The molecule has 0 radical (unpaired) electrons. The summed E-state index contributed by atoms with van der Waals surface area (Å²) in [6.07, 6.45) is 5.19. The minimum Gasteiger partial charge on any atom is -0.268 e. The average molecular weight is 445 g/mol. The first-order valence-corrected chi connectivity index (χ1v) is 9.46. The van der Waals surface area contributed by atoms with E-state index < -0.39 is 4.92 Å². The van der Waals surface area contributed by atoms with Gasteiger partial charge in [0.15, 0.2) is 0 Å². The first-order chi connectivity index (χ1) is 12.9. The van der Waals surface area contributed by atoms with E-state index in [0.29, 0.717) is 10.5 Å². The molecule has 136 valence electrons. The number of hydrogen-bond acceptors (Lipinski definition) is 5. The highest BCUT2D eigenvalue weighted by Crippen LogP contribution is 2.32. The lowest BCUT2D eigenvalue weighted by Crippen LogP contribution is -2.27. The second-order valence-electron chi connectivity index (χ2n) is 5.62. The van der Waals surface area contributed by atoms with E-state index in [1.54, 1.807) is 24.3 Å². The lowest BCUT2D eigenvalue weighted by Gasteiger charge is -2.12. The van der Waals surface area contributed by atoms with Crippen molar-refractivity contribution in [2.24, 2.45) is 0 Å². The van der Waals surface area contributed by atoms with Crippen LogP contribution in [0.3, 0.4) is 0 Å². The summed E-state index contributed by atoms with van der Waals surface area (Å²) in [5, 5.41) is 10.3. The van der Waals surface area contributed by atoms with Gasteiger partial charge in [0, 0.05) is 16.6 Å². The molecule has 1 heterocycles. The van der Waals surface area contributed by atoms with Crippen LogP contribution < -0.4 is 0 Å². The van der Waals surface area contributed by atoms with Crippen molar-refractivity contribution in [3.8, 4) is 0 Å². The van der Waals surface area contributed by atoms with Crippen molar-refractivity contribution in [2.45, 2.75) is 6.54 Å². The number of non-ortho nitro benzene ring substituents is 1. The molecule has 0 unspecified atom stereocenters. The highest BCUT2D eigenvalue weighted by Gasteiger charge is 2.34. The Hall–Kier alpha value is -2.71. The third kappa shape index (κ3) is 4.72. The second kappa shape index (κ2) is 8.32. The summed E-state index contributed by atoms with van der Waals surface area (Å²) in [6, 6.07) is 13.5. The van der Waals surface area contributed by atoms with Gasteiger partial charge in [0.25, 0.3) is 16.8 Å². The van der Waals surface area contributed by atoms with E-state index in [0.717, 1.165) is 26.7 Å². The van der Waals surface area contributed by atoms with Crippen molar-refractivity contribution < 1.29 is 14.5 Å². The van der Waals surface area contributed by atoms with Crippen LogP contribution in [-0.2, 0) is 11.3 Å². The van der Waals surface area contributed by atoms with E-state index >= 15 is 0 Å². The van der Waals surface area contributed by atoms with Crippen LogP contribution in [0.1, 0.15) is 11.1 Å². The minimum atomic E-state index is -0.496. The number of hydrogen-bond donors (Lipinski definition) is 0. The Balaban J connectivity index is 1.68. The van der Waals surface area contributed by atoms with Gasteiger partial charge in [-0.15, -0.1) is 0 Å². The number of allylic oxidation sites excluding steroid dienone is 2. The van der Waals surface area contributed by atoms with E-state index in [9.17, 15) is 19.7 Å². The molecule has 0 saturated carbocycles. The molecule has 0 atom stereocenters. The second-order valence-corrected chi connectivity index (χ2v) is 7.53. The van der Waals surface area contributed by atoms with Crippen molar-refractivity contribution in [1.82, 2.24) is 4.90 Å². The average Bonchev–Trinajstić information content (AvgIpc) is 2.91. The van der Waals surface area contributed by atoms with E-state index in [1.807, 2.05) is 30.3 Å². The first-order valence-electron chi connectivity index (χ1n) is 7.85. The fourth-order valence-corrected chi connectivity index (χ4v) is 3.43. The van der Waals surface area contributed by atoms with Crippen molar-refractivity contribution in [3.63, 3.8) is 0 Å². The maximum Gasteiger partial charge on any atom is 0.293 e. The summed E-state index contributed by atoms with van der Waals surface area (Å²) in [5.74, 6) is -0.371. The van der Waals surface area contributed by atoms with Crippen LogP contribution in [0.15, 0.2) is 70.1 Å². The van der Waals surface area contributed by atoms with Crippen LogP contribution in [0.4, 0.5) is 10.5 Å². The van der Waals surface area contributed by atoms with Crippen molar-refractivity contribution >= 4 is 50.6 Å². The molecule has 1 aliphatic rings. The lowest BCUT2D eigenvalue weighted by molar-refractivity contribution is -0.384. The zero-order valence-electron chi connectivity index (χ0n) is 13.9. The molecule has 8 heteroatoms. The van der Waals surface area contributed by atoms with Gasteiger partial charge in [-0.25, -0.2) is 0 Å². The molecule has 0 N–H and O–H groups in total. The SMILES string of the molecule is O=C1S/C(=C\C=C\c2ccc(Br)cc2)C(=O)N1Cc1ccc([N+](=O)[O-])cc1. The topological polar surface area (TPSA) is 80.5 Å². The molecule has 2 aromatic carbocycles. The molecule has 1 fully saturated rings. The number of imide groups is 1. The lowest BCUT2D eigenvalue weighted by atomic mass is 10.2. The molecule has 0 spiro atoms. The predicted octanol–water partition coefficient (Wildman–Crippen LogP) is 5.15. The highest BCUT2D eigenvalue weighted by atomic mass is 79.9. The summed E-state index contributed by atoms with van der Waals surface area (Å²) in [5.41, 5.74) is 1.58. The number of carbonyl (C=O) groups is 2. The van der Waals surface area contributed by atoms with Crippen LogP contribution in [0, 0.1) is 10.1 Å². The standard InChI is InChI=1S/C19H13BrN2O4S/c20-15-8-4-13(5-9-15)2-1-3-17-18(23)21(19(24)27-17)12-14-6-10-16(11-7-14)22(25)26/h1-11H,12H2/b2-1+,17-3-. The summed E-state index contributed by atoms with van der Waals surface area (Å²) >= 11 is 4.24. The number of nitro benzene ring substituents is 1. The fraction of sp³-hybridized carbons (Fsp3) is 0.0526. The molecule has 0 aliphatic carbocycles. The highest BCUT2D eigenvalue weighted by molar-refractivity contribution is 9.10. The summed E-state index contributed by atoms with van der Waals surface area (Å²) < 4.78 is 0.979. The van der Waals surface area contributed by atoms with Crippen molar-refractivity contribution in [2.75, 3.05) is 0 Å². The summed E-state index contributed by atoms with van der Waals surface area (Å²) in [4.78, 5) is 36.3. The van der Waals surface area contributed by atoms with Crippen LogP contribution in [-0.4, -0.2) is 21.0 Å². The van der Waals surface area contributed by atoms with Gasteiger partial charge in [0.2, 0.25) is 0 Å². The monoisotopic (exact) mass is 444 g/mol. The van der Waals surface area contributed by atoms with Gasteiger partial charge >= 0.3 is 0 Å². The summed E-state index contributed by atoms with van der Waals surface area (Å²) in [6.45, 7) is 0.0798. The van der Waals surface area contributed by atoms with Crippen LogP contribution in [0.5, 0.6) is 0 Å². The predicted molar refractivity (Wildman–Crippen MR) is 108 cm³/mol. The van der Waals surface area contributed by atoms with Gasteiger partial charge in [-0.1, -0.05) is 52.3 Å². The van der Waals surface area contributed by atoms with Gasteiger partial charge in [0.1, 0.15) is 0 Å². The maximum absolute atomic E-state index is 12.5. The number of rotatable bonds is 5. The normalized spacial score (nSPS) is 15.9. The Morgan fingerprint density at radius 1 is 1.07 bits per heavy atom. The molecule has 2 amide bonds. The number of nitrogens with zero attached hydrogens (tertiary/aromatic N) is 2. The zero-order valence-corrected chi connectivity index (χ0v) is 16.3. The molecule has 3 rings (SSSR count). The van der Waals surface area contributed by atoms with Gasteiger partial charge in [0.05, 0.1) is 16.4 Å². The van der Waals surface area contributed by atoms with E-state index in [1.165, 1.54) is 12.1 Å². The number of carbonyl (C=O) groups excluding carboxylic acids is 2. The largest absolute Gasteiger partial charge is 0.293 e. The Morgan fingerprint density at radius 2 is 1.74 bits per heavy atom. The van der Waals surface area contributed by atoms with Gasteiger partial charge < -0.3 is 0 Å².